The van der Waals surface area contributed by atoms with Crippen molar-refractivity contribution in [2.75, 3.05) is 12.4 Å². The van der Waals surface area contributed by atoms with Gasteiger partial charge in [0.25, 0.3) is 5.69 Å². The quantitative estimate of drug-likeness (QED) is 0.514. The summed E-state index contributed by atoms with van der Waals surface area (Å²) in [6, 6.07) is 4.70. The molecular weight excluding hydrogens is 248 g/mol. The highest BCUT2D eigenvalue weighted by Crippen LogP contribution is 2.38. The second-order valence-corrected chi connectivity index (χ2v) is 5.06. The van der Waals surface area contributed by atoms with Gasteiger partial charge >= 0.3 is 5.97 Å². The highest BCUT2D eigenvalue weighted by Gasteiger charge is 2.41. The Balaban J connectivity index is 2.28. The number of hydrogen-bond donors (Lipinski definition) is 1. The van der Waals surface area contributed by atoms with E-state index in [1.54, 1.807) is 19.1 Å². The van der Waals surface area contributed by atoms with Gasteiger partial charge in [-0.15, -0.1) is 0 Å². The number of ether oxygens (including phenoxy) is 1. The zero-order valence-electron chi connectivity index (χ0n) is 11.1. The summed E-state index contributed by atoms with van der Waals surface area (Å²) in [4.78, 5) is 22.0. The standard InChI is InChI=1S/C13H16N2O4/c1-8(12(16)19-3)13(2)7-9-6-10(15(17)18)4-5-11(9)14-13/h4-6,8,14H,7H2,1-3H3. The van der Waals surface area contributed by atoms with Crippen LogP contribution in [0.15, 0.2) is 18.2 Å². The molecule has 0 saturated carbocycles. The van der Waals surface area contributed by atoms with E-state index in [0.717, 1.165) is 11.3 Å². The molecule has 2 unspecified atom stereocenters. The van der Waals surface area contributed by atoms with Crippen LogP contribution in [0.5, 0.6) is 0 Å². The minimum absolute atomic E-state index is 0.0653. The number of anilines is 1. The summed E-state index contributed by atoms with van der Waals surface area (Å²) in [7, 11) is 1.36. The van der Waals surface area contributed by atoms with Crippen molar-refractivity contribution in [2.45, 2.75) is 25.8 Å². The Bertz CT molecular complexity index is 543. The van der Waals surface area contributed by atoms with E-state index in [9.17, 15) is 14.9 Å². The van der Waals surface area contributed by atoms with E-state index in [0.29, 0.717) is 6.42 Å². The largest absolute Gasteiger partial charge is 0.469 e. The normalized spacial score (nSPS) is 22.3. The van der Waals surface area contributed by atoms with Crippen molar-refractivity contribution in [1.82, 2.24) is 0 Å². The SMILES string of the molecule is COC(=O)C(C)C1(C)Cc2cc([N+](=O)[O-])ccc2N1. The molecular formula is C13H16N2O4. The second-order valence-electron chi connectivity index (χ2n) is 5.06. The van der Waals surface area contributed by atoms with Crippen molar-refractivity contribution in [3.8, 4) is 0 Å². The molecule has 1 aliphatic heterocycles. The molecule has 6 nitrogen and oxygen atoms in total. The lowest BCUT2D eigenvalue weighted by molar-refractivity contribution is -0.384. The lowest BCUT2D eigenvalue weighted by Gasteiger charge is -2.30. The zero-order chi connectivity index (χ0) is 14.2. The molecule has 0 saturated heterocycles. The second kappa shape index (κ2) is 4.53. The van der Waals surface area contributed by atoms with Crippen molar-refractivity contribution in [3.05, 3.63) is 33.9 Å². The first-order valence-corrected chi connectivity index (χ1v) is 6.01. The monoisotopic (exact) mass is 264 g/mol. The van der Waals surface area contributed by atoms with E-state index in [-0.39, 0.29) is 17.6 Å². The van der Waals surface area contributed by atoms with Crippen molar-refractivity contribution < 1.29 is 14.5 Å². The average molecular weight is 264 g/mol. The maximum absolute atomic E-state index is 11.7. The summed E-state index contributed by atoms with van der Waals surface area (Å²) >= 11 is 0. The first-order valence-electron chi connectivity index (χ1n) is 6.01. The van der Waals surface area contributed by atoms with Crippen LogP contribution in [-0.2, 0) is 16.0 Å². The molecule has 0 spiro atoms. The highest BCUT2D eigenvalue weighted by atomic mass is 16.6. The van der Waals surface area contributed by atoms with E-state index in [2.05, 4.69) is 5.32 Å². The van der Waals surface area contributed by atoms with Gasteiger partial charge < -0.3 is 10.1 Å². The fraction of sp³-hybridized carbons (Fsp3) is 0.462. The van der Waals surface area contributed by atoms with E-state index in [1.807, 2.05) is 6.92 Å². The molecule has 1 heterocycles. The first kappa shape index (κ1) is 13.3. The fourth-order valence-corrected chi connectivity index (χ4v) is 2.41. The van der Waals surface area contributed by atoms with Crippen LogP contribution in [0.3, 0.4) is 0 Å². The van der Waals surface area contributed by atoms with E-state index < -0.39 is 10.5 Å². The van der Waals surface area contributed by atoms with E-state index >= 15 is 0 Å². The van der Waals surface area contributed by atoms with Crippen molar-refractivity contribution in [1.29, 1.82) is 0 Å². The molecule has 2 rings (SSSR count). The molecule has 0 aliphatic carbocycles. The molecule has 0 fully saturated rings. The Morgan fingerprint density at radius 2 is 2.26 bits per heavy atom. The zero-order valence-corrected chi connectivity index (χ0v) is 11.1. The van der Waals surface area contributed by atoms with Gasteiger partial charge in [0, 0.05) is 17.8 Å². The predicted octanol–water partition coefficient (Wildman–Crippen LogP) is 2.13. The molecule has 0 amide bonds. The summed E-state index contributed by atoms with van der Waals surface area (Å²) in [6.45, 7) is 3.71. The number of rotatable bonds is 3. The molecule has 19 heavy (non-hydrogen) atoms. The third kappa shape index (κ3) is 2.25. The number of benzene rings is 1. The van der Waals surface area contributed by atoms with E-state index in [1.165, 1.54) is 13.2 Å². The minimum atomic E-state index is -0.481. The first-order chi connectivity index (χ1) is 8.87. The third-order valence-corrected chi connectivity index (χ3v) is 3.79. The smallest absolute Gasteiger partial charge is 0.310 e. The molecule has 1 N–H and O–H groups in total. The van der Waals surface area contributed by atoms with Crippen LogP contribution in [0, 0.1) is 16.0 Å². The topological polar surface area (TPSA) is 81.5 Å². The van der Waals surface area contributed by atoms with Crippen LogP contribution in [0.2, 0.25) is 0 Å². The number of hydrogen-bond acceptors (Lipinski definition) is 5. The summed E-state index contributed by atoms with van der Waals surface area (Å²) in [6.07, 6.45) is 0.556. The number of nitro groups is 1. The van der Waals surface area contributed by atoms with Gasteiger partial charge in [0.15, 0.2) is 0 Å². The average Bonchev–Trinajstić information content (AvgIpc) is 2.73. The number of non-ortho nitro benzene ring substituents is 1. The van der Waals surface area contributed by atoms with Crippen LogP contribution in [0.4, 0.5) is 11.4 Å². The van der Waals surface area contributed by atoms with Crippen molar-refractivity contribution >= 4 is 17.3 Å². The predicted molar refractivity (Wildman–Crippen MR) is 70.0 cm³/mol. The Labute approximate surface area is 110 Å². The number of carbonyl (C=O) groups excluding carboxylic acids is 1. The van der Waals surface area contributed by atoms with Crippen LogP contribution >= 0.6 is 0 Å². The molecule has 0 bridgehead atoms. The summed E-state index contributed by atoms with van der Waals surface area (Å²) < 4.78 is 4.76. The fourth-order valence-electron chi connectivity index (χ4n) is 2.41. The number of nitrogens with zero attached hydrogens (tertiary/aromatic N) is 1. The number of methoxy groups -OCH3 is 1. The Hall–Kier alpha value is -2.11. The van der Waals surface area contributed by atoms with Gasteiger partial charge in [-0.1, -0.05) is 0 Å². The molecule has 2 atom stereocenters. The number of nitro benzene ring substituents is 1. The number of nitrogens with one attached hydrogen (secondary N) is 1. The Kier molecular flexibility index (Phi) is 3.18. The minimum Gasteiger partial charge on any atom is -0.469 e. The van der Waals surface area contributed by atoms with Gasteiger partial charge in [-0.05, 0) is 31.9 Å². The Morgan fingerprint density at radius 3 is 2.84 bits per heavy atom. The maximum atomic E-state index is 11.7. The van der Waals surface area contributed by atoms with Crippen LogP contribution in [-0.4, -0.2) is 23.5 Å². The molecule has 102 valence electrons. The van der Waals surface area contributed by atoms with Crippen LogP contribution in [0.25, 0.3) is 0 Å². The molecule has 0 aromatic heterocycles. The summed E-state index contributed by atoms with van der Waals surface area (Å²) in [5.41, 5.74) is 1.27. The summed E-state index contributed by atoms with van der Waals surface area (Å²) in [5, 5.41) is 14.0. The molecule has 1 aromatic rings. The van der Waals surface area contributed by atoms with Gasteiger partial charge in [-0.2, -0.15) is 0 Å². The number of esters is 1. The van der Waals surface area contributed by atoms with Crippen LogP contribution in [0.1, 0.15) is 19.4 Å². The molecule has 6 heteroatoms. The number of carbonyl (C=O) groups is 1. The van der Waals surface area contributed by atoms with Gasteiger partial charge in [-0.25, -0.2) is 0 Å². The van der Waals surface area contributed by atoms with Crippen LogP contribution < -0.4 is 5.32 Å². The van der Waals surface area contributed by atoms with Gasteiger partial charge in [0.2, 0.25) is 0 Å². The molecule has 0 radical (unpaired) electrons. The number of fused-ring (bicyclic) bond motifs is 1. The molecule has 1 aromatic carbocycles. The third-order valence-electron chi connectivity index (χ3n) is 3.79. The van der Waals surface area contributed by atoms with Crippen molar-refractivity contribution in [3.63, 3.8) is 0 Å². The maximum Gasteiger partial charge on any atom is 0.310 e. The van der Waals surface area contributed by atoms with Gasteiger partial charge in [-0.3, -0.25) is 14.9 Å². The summed E-state index contributed by atoms with van der Waals surface area (Å²) in [5.74, 6) is -0.638. The highest BCUT2D eigenvalue weighted by molar-refractivity contribution is 5.76. The lowest BCUT2D eigenvalue weighted by Crippen LogP contribution is -2.44. The van der Waals surface area contributed by atoms with Gasteiger partial charge in [0.1, 0.15) is 0 Å². The molecule has 1 aliphatic rings. The van der Waals surface area contributed by atoms with Crippen molar-refractivity contribution in [2.24, 2.45) is 5.92 Å². The Morgan fingerprint density at radius 1 is 1.58 bits per heavy atom. The van der Waals surface area contributed by atoms with E-state index in [4.69, 9.17) is 4.74 Å². The van der Waals surface area contributed by atoms with Gasteiger partial charge in [0.05, 0.1) is 23.5 Å². The lowest BCUT2D eigenvalue weighted by atomic mass is 9.84.